The fourth-order valence-electron chi connectivity index (χ4n) is 3.09. The smallest absolute Gasteiger partial charge is 0.269 e. The van der Waals surface area contributed by atoms with Crippen molar-refractivity contribution in [2.24, 2.45) is 7.05 Å². The molecule has 1 saturated carbocycles. The standard InChI is InChI=1S/C18H23N3O2/c1-21-17(18(22)19-14-6-4-3-5-7-14)12-16(20-21)13-8-10-15(23-2)11-9-13/h8-12,14H,3-7H2,1-2H3,(H,19,22). The number of benzene rings is 1. The number of hydrogen-bond donors (Lipinski definition) is 1. The van der Waals surface area contributed by atoms with Crippen molar-refractivity contribution in [3.63, 3.8) is 0 Å². The lowest BCUT2D eigenvalue weighted by atomic mass is 9.95. The highest BCUT2D eigenvalue weighted by molar-refractivity contribution is 5.93. The Bertz CT molecular complexity index is 670. The number of methoxy groups -OCH3 is 1. The number of carbonyl (C=O) groups is 1. The maximum absolute atomic E-state index is 12.5. The third-order valence-corrected chi connectivity index (χ3v) is 4.44. The van der Waals surface area contributed by atoms with E-state index >= 15 is 0 Å². The van der Waals surface area contributed by atoms with E-state index in [2.05, 4.69) is 10.4 Å². The highest BCUT2D eigenvalue weighted by Crippen LogP contribution is 2.22. The van der Waals surface area contributed by atoms with E-state index in [1.807, 2.05) is 37.4 Å². The molecule has 0 unspecified atom stereocenters. The molecule has 2 aromatic rings. The van der Waals surface area contributed by atoms with Crippen LogP contribution in [0.25, 0.3) is 11.3 Å². The summed E-state index contributed by atoms with van der Waals surface area (Å²) in [7, 11) is 3.45. The molecule has 3 rings (SSSR count). The van der Waals surface area contributed by atoms with E-state index in [9.17, 15) is 4.79 Å². The second kappa shape index (κ2) is 6.86. The van der Waals surface area contributed by atoms with Crippen molar-refractivity contribution in [3.05, 3.63) is 36.0 Å². The molecular formula is C18H23N3O2. The predicted molar refractivity (Wildman–Crippen MR) is 89.5 cm³/mol. The van der Waals surface area contributed by atoms with Crippen LogP contribution in [-0.2, 0) is 7.05 Å². The van der Waals surface area contributed by atoms with Gasteiger partial charge in [0.15, 0.2) is 0 Å². The number of rotatable bonds is 4. The first kappa shape index (κ1) is 15.6. The third kappa shape index (κ3) is 3.55. The van der Waals surface area contributed by atoms with Crippen LogP contribution >= 0.6 is 0 Å². The average molecular weight is 313 g/mol. The van der Waals surface area contributed by atoms with E-state index in [0.29, 0.717) is 11.7 Å². The van der Waals surface area contributed by atoms with Gasteiger partial charge in [-0.15, -0.1) is 0 Å². The van der Waals surface area contributed by atoms with Gasteiger partial charge in [0.05, 0.1) is 12.8 Å². The highest BCUT2D eigenvalue weighted by Gasteiger charge is 2.19. The molecule has 1 fully saturated rings. The van der Waals surface area contributed by atoms with E-state index < -0.39 is 0 Å². The molecule has 0 aliphatic heterocycles. The number of nitrogens with zero attached hydrogens (tertiary/aromatic N) is 2. The van der Waals surface area contributed by atoms with Gasteiger partial charge < -0.3 is 10.1 Å². The molecule has 1 aromatic carbocycles. The van der Waals surface area contributed by atoms with Gasteiger partial charge in [0.2, 0.25) is 0 Å². The average Bonchev–Trinajstić information content (AvgIpc) is 2.98. The van der Waals surface area contributed by atoms with E-state index in [1.54, 1.807) is 11.8 Å². The molecule has 1 N–H and O–H groups in total. The summed E-state index contributed by atoms with van der Waals surface area (Å²) in [4.78, 5) is 12.5. The van der Waals surface area contributed by atoms with Crippen LogP contribution in [0.3, 0.4) is 0 Å². The highest BCUT2D eigenvalue weighted by atomic mass is 16.5. The molecule has 1 aromatic heterocycles. The molecule has 0 radical (unpaired) electrons. The summed E-state index contributed by atoms with van der Waals surface area (Å²) in [6, 6.07) is 9.83. The van der Waals surface area contributed by atoms with Gasteiger partial charge in [-0.1, -0.05) is 19.3 Å². The maximum atomic E-state index is 12.5. The second-order valence-corrected chi connectivity index (χ2v) is 6.08. The zero-order chi connectivity index (χ0) is 16.2. The third-order valence-electron chi connectivity index (χ3n) is 4.44. The lowest BCUT2D eigenvalue weighted by Gasteiger charge is -2.22. The van der Waals surface area contributed by atoms with Crippen molar-refractivity contribution in [2.75, 3.05) is 7.11 Å². The van der Waals surface area contributed by atoms with E-state index in [0.717, 1.165) is 29.8 Å². The summed E-state index contributed by atoms with van der Waals surface area (Å²) in [6.45, 7) is 0. The number of hydrogen-bond acceptors (Lipinski definition) is 3. The number of ether oxygens (including phenoxy) is 1. The van der Waals surface area contributed by atoms with Gasteiger partial charge in [0.25, 0.3) is 5.91 Å². The molecule has 0 saturated heterocycles. The van der Waals surface area contributed by atoms with E-state index in [-0.39, 0.29) is 5.91 Å². The SMILES string of the molecule is COc1ccc(-c2cc(C(=O)NC3CCCCC3)n(C)n2)cc1. The van der Waals surface area contributed by atoms with Gasteiger partial charge >= 0.3 is 0 Å². The Labute approximate surface area is 136 Å². The predicted octanol–water partition coefficient (Wildman–Crippen LogP) is 3.16. The van der Waals surface area contributed by atoms with Gasteiger partial charge in [-0.25, -0.2) is 0 Å². The summed E-state index contributed by atoms with van der Waals surface area (Å²) in [5.41, 5.74) is 2.36. The first-order valence-corrected chi connectivity index (χ1v) is 8.16. The van der Waals surface area contributed by atoms with Gasteiger partial charge in [0.1, 0.15) is 11.4 Å². The Morgan fingerprint density at radius 2 is 1.91 bits per heavy atom. The number of aryl methyl sites for hydroxylation is 1. The van der Waals surface area contributed by atoms with Gasteiger partial charge in [-0.3, -0.25) is 9.48 Å². The van der Waals surface area contributed by atoms with Crippen LogP contribution in [0.15, 0.2) is 30.3 Å². The van der Waals surface area contributed by atoms with Crippen LogP contribution < -0.4 is 10.1 Å². The quantitative estimate of drug-likeness (QED) is 0.943. The molecule has 1 aliphatic carbocycles. The Morgan fingerprint density at radius 3 is 2.57 bits per heavy atom. The zero-order valence-electron chi connectivity index (χ0n) is 13.7. The molecule has 0 spiro atoms. The lowest BCUT2D eigenvalue weighted by Crippen LogP contribution is -2.37. The number of amides is 1. The summed E-state index contributed by atoms with van der Waals surface area (Å²) in [5, 5.41) is 7.60. The van der Waals surface area contributed by atoms with Crippen LogP contribution in [0, 0.1) is 0 Å². The molecule has 1 aliphatic rings. The van der Waals surface area contributed by atoms with Crippen molar-refractivity contribution in [3.8, 4) is 17.0 Å². The molecule has 122 valence electrons. The largest absolute Gasteiger partial charge is 0.497 e. The minimum atomic E-state index is -0.0355. The molecule has 1 amide bonds. The van der Waals surface area contributed by atoms with Gasteiger partial charge in [-0.05, 0) is 43.2 Å². The fourth-order valence-corrected chi connectivity index (χ4v) is 3.09. The summed E-state index contributed by atoms with van der Waals surface area (Å²) in [5.74, 6) is 0.770. The van der Waals surface area contributed by atoms with Crippen LogP contribution in [0.1, 0.15) is 42.6 Å². The second-order valence-electron chi connectivity index (χ2n) is 6.08. The molecule has 1 heterocycles. The monoisotopic (exact) mass is 313 g/mol. The Balaban J connectivity index is 1.75. The normalized spacial score (nSPS) is 15.4. The van der Waals surface area contributed by atoms with Gasteiger partial charge in [-0.2, -0.15) is 5.10 Å². The van der Waals surface area contributed by atoms with E-state index in [1.165, 1.54) is 19.3 Å². The zero-order valence-corrected chi connectivity index (χ0v) is 13.7. The van der Waals surface area contributed by atoms with Crippen molar-refractivity contribution >= 4 is 5.91 Å². The van der Waals surface area contributed by atoms with Crippen LogP contribution in [0.4, 0.5) is 0 Å². The Morgan fingerprint density at radius 1 is 1.22 bits per heavy atom. The molecule has 0 atom stereocenters. The fraction of sp³-hybridized carbons (Fsp3) is 0.444. The van der Waals surface area contributed by atoms with Crippen LogP contribution in [-0.4, -0.2) is 28.8 Å². The molecule has 0 bridgehead atoms. The van der Waals surface area contributed by atoms with E-state index in [4.69, 9.17) is 4.74 Å². The number of nitrogens with one attached hydrogen (secondary N) is 1. The first-order chi connectivity index (χ1) is 11.2. The molecule has 5 heteroatoms. The maximum Gasteiger partial charge on any atom is 0.269 e. The Kier molecular flexibility index (Phi) is 4.65. The topological polar surface area (TPSA) is 56.1 Å². The first-order valence-electron chi connectivity index (χ1n) is 8.16. The van der Waals surface area contributed by atoms with Crippen molar-refractivity contribution in [1.29, 1.82) is 0 Å². The molecule has 23 heavy (non-hydrogen) atoms. The molecular weight excluding hydrogens is 290 g/mol. The minimum absolute atomic E-state index is 0.0355. The van der Waals surface area contributed by atoms with Crippen molar-refractivity contribution < 1.29 is 9.53 Å². The summed E-state index contributed by atoms with van der Waals surface area (Å²) in [6.07, 6.45) is 5.84. The number of aromatic nitrogens is 2. The Hall–Kier alpha value is -2.30. The van der Waals surface area contributed by atoms with Crippen molar-refractivity contribution in [1.82, 2.24) is 15.1 Å². The van der Waals surface area contributed by atoms with Gasteiger partial charge in [0, 0.05) is 18.7 Å². The summed E-state index contributed by atoms with van der Waals surface area (Å²) >= 11 is 0. The summed E-state index contributed by atoms with van der Waals surface area (Å²) < 4.78 is 6.82. The molecule has 5 nitrogen and oxygen atoms in total. The lowest BCUT2D eigenvalue weighted by molar-refractivity contribution is 0.0918. The van der Waals surface area contributed by atoms with Crippen molar-refractivity contribution in [2.45, 2.75) is 38.1 Å². The van der Waals surface area contributed by atoms with Crippen LogP contribution in [0.2, 0.25) is 0 Å². The minimum Gasteiger partial charge on any atom is -0.497 e. The number of carbonyl (C=O) groups excluding carboxylic acids is 1. The van der Waals surface area contributed by atoms with Crippen LogP contribution in [0.5, 0.6) is 5.75 Å².